The van der Waals surface area contributed by atoms with E-state index in [-0.39, 0.29) is 11.4 Å². The molecule has 0 aromatic carbocycles. The molecule has 0 aliphatic heterocycles. The predicted octanol–water partition coefficient (Wildman–Crippen LogP) is 0.795. The first-order chi connectivity index (χ1) is 5.02. The molecular weight excluding hydrogens is 142 g/mol. The molecule has 0 spiro atoms. The van der Waals surface area contributed by atoms with E-state index in [0.717, 1.165) is 6.54 Å². The summed E-state index contributed by atoms with van der Waals surface area (Å²) in [5, 5.41) is 3.03. The van der Waals surface area contributed by atoms with E-state index in [9.17, 15) is 4.79 Å². The van der Waals surface area contributed by atoms with Gasteiger partial charge in [-0.2, -0.15) is 0 Å². The van der Waals surface area contributed by atoms with Crippen LogP contribution in [-0.2, 0) is 9.53 Å². The number of hydrogen-bond acceptors (Lipinski definition) is 3. The van der Waals surface area contributed by atoms with Crippen LogP contribution in [0.2, 0.25) is 0 Å². The molecule has 0 heterocycles. The van der Waals surface area contributed by atoms with E-state index >= 15 is 0 Å². The van der Waals surface area contributed by atoms with E-state index in [0.29, 0.717) is 6.42 Å². The van der Waals surface area contributed by atoms with Gasteiger partial charge in [-0.25, -0.2) is 0 Å². The average molecular weight is 159 g/mol. The minimum Gasteiger partial charge on any atom is -0.469 e. The Morgan fingerprint density at radius 1 is 1.55 bits per heavy atom. The van der Waals surface area contributed by atoms with Crippen molar-refractivity contribution in [3.8, 4) is 0 Å². The topological polar surface area (TPSA) is 38.3 Å². The summed E-state index contributed by atoms with van der Waals surface area (Å²) >= 11 is 0. The first-order valence-corrected chi connectivity index (χ1v) is 3.73. The van der Waals surface area contributed by atoms with Gasteiger partial charge in [-0.05, 0) is 12.5 Å². The van der Waals surface area contributed by atoms with Crippen LogP contribution in [0.1, 0.15) is 20.3 Å². The number of methoxy groups -OCH3 is 1. The molecule has 0 aromatic rings. The fraction of sp³-hybridized carbons (Fsp3) is 0.875. The van der Waals surface area contributed by atoms with Gasteiger partial charge in [0.05, 0.1) is 13.5 Å². The van der Waals surface area contributed by atoms with Crippen molar-refractivity contribution >= 4 is 5.97 Å². The van der Waals surface area contributed by atoms with E-state index < -0.39 is 0 Å². The fourth-order valence-electron chi connectivity index (χ4n) is 1.00. The van der Waals surface area contributed by atoms with Crippen molar-refractivity contribution in [2.45, 2.75) is 20.3 Å². The third kappa shape index (κ3) is 4.79. The average Bonchev–Trinajstić information content (AvgIpc) is 1.86. The number of nitrogens with one attached hydrogen (secondary N) is 1. The zero-order valence-electron chi connectivity index (χ0n) is 7.73. The van der Waals surface area contributed by atoms with Crippen LogP contribution >= 0.6 is 0 Å². The number of carbonyl (C=O) groups excluding carboxylic acids is 1. The SMILES string of the molecule is CNCC(C)(C)CC(=O)OC. The van der Waals surface area contributed by atoms with E-state index in [1.807, 2.05) is 20.9 Å². The molecule has 0 atom stereocenters. The molecule has 11 heavy (non-hydrogen) atoms. The molecule has 66 valence electrons. The van der Waals surface area contributed by atoms with Crippen LogP contribution in [0.5, 0.6) is 0 Å². The lowest BCUT2D eigenvalue weighted by molar-refractivity contribution is -0.142. The lowest BCUT2D eigenvalue weighted by atomic mass is 9.89. The third-order valence-electron chi connectivity index (χ3n) is 1.51. The molecule has 3 heteroatoms. The van der Waals surface area contributed by atoms with Gasteiger partial charge in [-0.3, -0.25) is 4.79 Å². The van der Waals surface area contributed by atoms with Gasteiger partial charge in [-0.1, -0.05) is 13.8 Å². The Morgan fingerprint density at radius 3 is 2.45 bits per heavy atom. The van der Waals surface area contributed by atoms with Gasteiger partial charge >= 0.3 is 5.97 Å². The standard InChI is InChI=1S/C8H17NO2/c1-8(2,6-9-3)5-7(10)11-4/h9H,5-6H2,1-4H3. The Balaban J connectivity index is 3.80. The van der Waals surface area contributed by atoms with E-state index in [4.69, 9.17) is 0 Å². The monoisotopic (exact) mass is 159 g/mol. The second-order valence-electron chi connectivity index (χ2n) is 3.45. The first-order valence-electron chi connectivity index (χ1n) is 3.73. The molecule has 0 rings (SSSR count). The fourth-order valence-corrected chi connectivity index (χ4v) is 1.00. The van der Waals surface area contributed by atoms with Crippen LogP contribution in [0.4, 0.5) is 0 Å². The Bertz CT molecular complexity index is 132. The van der Waals surface area contributed by atoms with Crippen molar-refractivity contribution in [3.05, 3.63) is 0 Å². The molecule has 0 radical (unpaired) electrons. The molecule has 3 nitrogen and oxygen atoms in total. The predicted molar refractivity (Wildman–Crippen MR) is 44.3 cm³/mol. The quantitative estimate of drug-likeness (QED) is 0.616. The molecule has 0 bridgehead atoms. The minimum absolute atomic E-state index is 0.0121. The molecule has 0 amide bonds. The van der Waals surface area contributed by atoms with Crippen LogP contribution in [0, 0.1) is 5.41 Å². The van der Waals surface area contributed by atoms with Crippen molar-refractivity contribution in [2.24, 2.45) is 5.41 Å². The maximum absolute atomic E-state index is 10.9. The number of hydrogen-bond donors (Lipinski definition) is 1. The largest absolute Gasteiger partial charge is 0.469 e. The lowest BCUT2D eigenvalue weighted by Gasteiger charge is -2.22. The molecule has 0 fully saturated rings. The highest BCUT2D eigenvalue weighted by molar-refractivity contribution is 5.69. The van der Waals surface area contributed by atoms with E-state index in [2.05, 4.69) is 10.1 Å². The number of ether oxygens (including phenoxy) is 1. The summed E-state index contributed by atoms with van der Waals surface area (Å²) in [6, 6.07) is 0. The van der Waals surface area contributed by atoms with Gasteiger partial charge in [0.2, 0.25) is 0 Å². The highest BCUT2D eigenvalue weighted by atomic mass is 16.5. The summed E-state index contributed by atoms with van der Waals surface area (Å²) in [6.45, 7) is 4.88. The van der Waals surface area contributed by atoms with Crippen LogP contribution in [0.15, 0.2) is 0 Å². The van der Waals surface area contributed by atoms with Crippen molar-refractivity contribution in [2.75, 3.05) is 20.7 Å². The third-order valence-corrected chi connectivity index (χ3v) is 1.51. The number of carbonyl (C=O) groups is 1. The second kappa shape index (κ2) is 4.34. The second-order valence-corrected chi connectivity index (χ2v) is 3.45. The Kier molecular flexibility index (Phi) is 4.11. The van der Waals surface area contributed by atoms with Crippen LogP contribution < -0.4 is 5.32 Å². The molecule has 1 N–H and O–H groups in total. The van der Waals surface area contributed by atoms with Gasteiger partial charge < -0.3 is 10.1 Å². The Morgan fingerprint density at radius 2 is 2.09 bits per heavy atom. The van der Waals surface area contributed by atoms with Crippen LogP contribution in [0.25, 0.3) is 0 Å². The summed E-state index contributed by atoms with van der Waals surface area (Å²) in [5.41, 5.74) is -0.0121. The van der Waals surface area contributed by atoms with E-state index in [1.54, 1.807) is 0 Å². The number of esters is 1. The van der Waals surface area contributed by atoms with Crippen molar-refractivity contribution in [1.82, 2.24) is 5.32 Å². The van der Waals surface area contributed by atoms with Crippen LogP contribution in [0.3, 0.4) is 0 Å². The van der Waals surface area contributed by atoms with Crippen molar-refractivity contribution in [1.29, 1.82) is 0 Å². The highest BCUT2D eigenvalue weighted by Crippen LogP contribution is 2.18. The van der Waals surface area contributed by atoms with Gasteiger partial charge in [0.1, 0.15) is 0 Å². The van der Waals surface area contributed by atoms with Crippen molar-refractivity contribution < 1.29 is 9.53 Å². The van der Waals surface area contributed by atoms with E-state index in [1.165, 1.54) is 7.11 Å². The van der Waals surface area contributed by atoms with Gasteiger partial charge in [-0.15, -0.1) is 0 Å². The van der Waals surface area contributed by atoms with Crippen molar-refractivity contribution in [3.63, 3.8) is 0 Å². The maximum Gasteiger partial charge on any atom is 0.306 e. The molecule has 0 unspecified atom stereocenters. The zero-order valence-corrected chi connectivity index (χ0v) is 7.73. The van der Waals surface area contributed by atoms with Crippen LogP contribution in [-0.4, -0.2) is 26.7 Å². The molecule has 0 aliphatic rings. The molecule has 0 aromatic heterocycles. The lowest BCUT2D eigenvalue weighted by Crippen LogP contribution is -2.29. The summed E-state index contributed by atoms with van der Waals surface area (Å²) in [5.74, 6) is -0.148. The molecular formula is C8H17NO2. The smallest absolute Gasteiger partial charge is 0.306 e. The van der Waals surface area contributed by atoms with Gasteiger partial charge in [0.25, 0.3) is 0 Å². The summed E-state index contributed by atoms with van der Waals surface area (Å²) in [6.07, 6.45) is 0.463. The summed E-state index contributed by atoms with van der Waals surface area (Å²) < 4.78 is 4.57. The summed E-state index contributed by atoms with van der Waals surface area (Å²) in [7, 11) is 3.29. The van der Waals surface area contributed by atoms with Gasteiger partial charge in [0.15, 0.2) is 0 Å². The molecule has 0 saturated carbocycles. The first kappa shape index (κ1) is 10.4. The number of rotatable bonds is 4. The maximum atomic E-state index is 10.9. The zero-order chi connectivity index (χ0) is 8.91. The Hall–Kier alpha value is -0.570. The van der Waals surface area contributed by atoms with Gasteiger partial charge in [0, 0.05) is 6.54 Å². The molecule has 0 aliphatic carbocycles. The minimum atomic E-state index is -0.148. The highest BCUT2D eigenvalue weighted by Gasteiger charge is 2.21. The molecule has 0 saturated heterocycles. The summed E-state index contributed by atoms with van der Waals surface area (Å²) in [4.78, 5) is 10.9. The normalized spacial score (nSPS) is 11.3. The Labute approximate surface area is 68.1 Å².